The third-order valence-corrected chi connectivity index (χ3v) is 6.40. The highest BCUT2D eigenvalue weighted by molar-refractivity contribution is 6.11. The fraction of sp³-hybridized carbons (Fsp3) is 0.400. The highest BCUT2D eigenvalue weighted by Crippen LogP contribution is 2.34. The molecule has 2 aromatic carbocycles. The molecule has 1 aliphatic heterocycles. The number of ether oxygens (including phenoxy) is 1. The number of ketones is 1. The van der Waals surface area contributed by atoms with Crippen LogP contribution in [0, 0.1) is 5.92 Å². The molecule has 0 unspecified atom stereocenters. The van der Waals surface area contributed by atoms with E-state index in [4.69, 9.17) is 9.15 Å². The second-order valence-corrected chi connectivity index (χ2v) is 8.35. The van der Waals surface area contributed by atoms with E-state index < -0.39 is 0 Å². The van der Waals surface area contributed by atoms with Crippen molar-refractivity contribution >= 4 is 16.6 Å². The monoisotopic (exact) mass is 389 g/mol. The van der Waals surface area contributed by atoms with Gasteiger partial charge in [-0.25, -0.2) is 0 Å². The zero-order valence-corrected chi connectivity index (χ0v) is 16.9. The van der Waals surface area contributed by atoms with Gasteiger partial charge in [0.1, 0.15) is 18.1 Å². The van der Waals surface area contributed by atoms with Crippen molar-refractivity contribution in [2.24, 2.45) is 5.92 Å². The lowest BCUT2D eigenvalue weighted by atomic mass is 9.87. The molecular formula is C25H27NO3. The van der Waals surface area contributed by atoms with Gasteiger partial charge in [-0.1, -0.05) is 30.3 Å². The molecule has 29 heavy (non-hydrogen) atoms. The summed E-state index contributed by atoms with van der Waals surface area (Å²) in [5, 5.41) is 2.47. The lowest BCUT2D eigenvalue weighted by Crippen LogP contribution is -2.38. The van der Waals surface area contributed by atoms with E-state index in [9.17, 15) is 4.79 Å². The van der Waals surface area contributed by atoms with Crippen LogP contribution in [-0.4, -0.2) is 30.9 Å². The molecule has 0 spiro atoms. The predicted octanol–water partition coefficient (Wildman–Crippen LogP) is 4.77. The Bertz CT molecular complexity index is 1040. The highest BCUT2D eigenvalue weighted by atomic mass is 16.5. The number of aryl methyl sites for hydroxylation is 2. The van der Waals surface area contributed by atoms with Gasteiger partial charge in [-0.15, -0.1) is 0 Å². The van der Waals surface area contributed by atoms with E-state index in [0.717, 1.165) is 67.8 Å². The predicted molar refractivity (Wildman–Crippen MR) is 113 cm³/mol. The fourth-order valence-electron chi connectivity index (χ4n) is 5.04. The van der Waals surface area contributed by atoms with Crippen molar-refractivity contribution in [1.82, 2.24) is 4.90 Å². The largest absolute Gasteiger partial charge is 0.462 e. The first kappa shape index (κ1) is 18.6. The molecule has 3 aromatic rings. The summed E-state index contributed by atoms with van der Waals surface area (Å²) in [6.07, 6.45) is 4.19. The zero-order valence-electron chi connectivity index (χ0n) is 16.9. The van der Waals surface area contributed by atoms with Gasteiger partial charge >= 0.3 is 0 Å². The first-order valence-electron chi connectivity index (χ1n) is 10.6. The maximum atomic E-state index is 13.5. The minimum Gasteiger partial charge on any atom is -0.462 e. The molecule has 2 heterocycles. The van der Waals surface area contributed by atoms with Crippen molar-refractivity contribution in [1.29, 1.82) is 0 Å². The van der Waals surface area contributed by atoms with Crippen molar-refractivity contribution in [3.8, 4) is 0 Å². The smallest absolute Gasteiger partial charge is 0.167 e. The topological polar surface area (TPSA) is 42.7 Å². The minimum atomic E-state index is 0.0515. The molecule has 2 aliphatic rings. The SMILES string of the molecule is COCc1ccc(CN2CCC[C@@H](C(=O)c3ccc4c5c(cccc35)CC4)C2)o1. The third kappa shape index (κ3) is 3.52. The van der Waals surface area contributed by atoms with Gasteiger partial charge < -0.3 is 9.15 Å². The van der Waals surface area contributed by atoms with Gasteiger partial charge in [-0.3, -0.25) is 9.69 Å². The summed E-state index contributed by atoms with van der Waals surface area (Å²) in [6, 6.07) is 14.7. The van der Waals surface area contributed by atoms with Crippen molar-refractivity contribution in [3.05, 3.63) is 70.7 Å². The zero-order chi connectivity index (χ0) is 19.8. The van der Waals surface area contributed by atoms with Crippen LogP contribution >= 0.6 is 0 Å². The summed E-state index contributed by atoms with van der Waals surface area (Å²) in [5.41, 5.74) is 3.68. The van der Waals surface area contributed by atoms with Crippen molar-refractivity contribution in [2.45, 2.75) is 38.8 Å². The van der Waals surface area contributed by atoms with E-state index in [1.165, 1.54) is 16.5 Å². The summed E-state index contributed by atoms with van der Waals surface area (Å²) in [7, 11) is 1.67. The molecule has 4 nitrogen and oxygen atoms in total. The number of likely N-dealkylation sites (tertiary alicyclic amines) is 1. The molecular weight excluding hydrogens is 362 g/mol. The quantitative estimate of drug-likeness (QED) is 0.570. The lowest BCUT2D eigenvalue weighted by Gasteiger charge is -2.31. The molecule has 0 N–H and O–H groups in total. The van der Waals surface area contributed by atoms with E-state index >= 15 is 0 Å². The molecule has 1 aliphatic carbocycles. The number of hydrogen-bond acceptors (Lipinski definition) is 4. The Morgan fingerprint density at radius 2 is 1.93 bits per heavy atom. The number of methoxy groups -OCH3 is 1. The number of hydrogen-bond donors (Lipinski definition) is 0. The number of furan rings is 1. The van der Waals surface area contributed by atoms with E-state index in [-0.39, 0.29) is 5.92 Å². The average molecular weight is 389 g/mol. The van der Waals surface area contributed by atoms with Gasteiger partial charge in [0.15, 0.2) is 5.78 Å². The molecule has 1 fully saturated rings. The minimum absolute atomic E-state index is 0.0515. The van der Waals surface area contributed by atoms with Gasteiger partial charge in [0.2, 0.25) is 0 Å². The Morgan fingerprint density at radius 1 is 1.10 bits per heavy atom. The summed E-state index contributed by atoms with van der Waals surface area (Å²) >= 11 is 0. The Labute approximate surface area is 171 Å². The average Bonchev–Trinajstić information content (AvgIpc) is 3.37. The number of rotatable bonds is 6. The van der Waals surface area contributed by atoms with Crippen LogP contribution < -0.4 is 0 Å². The Hall–Kier alpha value is -2.43. The number of Topliss-reactive ketones (excluding diaryl/α,β-unsaturated/α-hetero) is 1. The first-order chi connectivity index (χ1) is 14.2. The second-order valence-electron chi connectivity index (χ2n) is 8.35. The van der Waals surface area contributed by atoms with E-state index in [1.807, 2.05) is 12.1 Å². The third-order valence-electron chi connectivity index (χ3n) is 6.40. The molecule has 4 heteroatoms. The van der Waals surface area contributed by atoms with Crippen LogP contribution in [0.5, 0.6) is 0 Å². The molecule has 0 bridgehead atoms. The van der Waals surface area contributed by atoms with Crippen LogP contribution in [0.1, 0.15) is 45.8 Å². The van der Waals surface area contributed by atoms with Crippen LogP contribution in [0.2, 0.25) is 0 Å². The fourth-order valence-corrected chi connectivity index (χ4v) is 5.04. The van der Waals surface area contributed by atoms with Crippen molar-refractivity contribution < 1.29 is 13.9 Å². The van der Waals surface area contributed by atoms with Crippen LogP contribution in [0.15, 0.2) is 46.9 Å². The number of benzene rings is 2. The van der Waals surface area contributed by atoms with E-state index in [1.54, 1.807) is 7.11 Å². The van der Waals surface area contributed by atoms with Crippen LogP contribution in [0.4, 0.5) is 0 Å². The summed E-state index contributed by atoms with van der Waals surface area (Å²) in [4.78, 5) is 15.8. The number of carbonyl (C=O) groups is 1. The molecule has 0 saturated carbocycles. The molecule has 0 radical (unpaired) electrons. The van der Waals surface area contributed by atoms with Crippen LogP contribution in [0.25, 0.3) is 10.8 Å². The first-order valence-corrected chi connectivity index (χ1v) is 10.6. The van der Waals surface area contributed by atoms with E-state index in [2.05, 4.69) is 35.2 Å². The van der Waals surface area contributed by atoms with Gasteiger partial charge in [0.25, 0.3) is 0 Å². The Kier molecular flexibility index (Phi) is 4.98. The van der Waals surface area contributed by atoms with Gasteiger partial charge in [-0.05, 0) is 66.3 Å². The summed E-state index contributed by atoms with van der Waals surface area (Å²) in [5.74, 6) is 2.14. The highest BCUT2D eigenvalue weighted by Gasteiger charge is 2.29. The van der Waals surface area contributed by atoms with Gasteiger partial charge in [-0.2, -0.15) is 0 Å². The molecule has 1 saturated heterocycles. The Balaban J connectivity index is 1.34. The van der Waals surface area contributed by atoms with E-state index in [0.29, 0.717) is 12.4 Å². The molecule has 0 amide bonds. The molecule has 150 valence electrons. The van der Waals surface area contributed by atoms with Crippen LogP contribution in [-0.2, 0) is 30.7 Å². The van der Waals surface area contributed by atoms with Crippen LogP contribution in [0.3, 0.4) is 0 Å². The standard InChI is InChI=1S/C25H27NO3/c1-28-16-21-11-10-20(29-21)15-26-13-3-5-19(14-26)25(27)23-12-9-18-8-7-17-4-2-6-22(23)24(17)18/h2,4,6,9-12,19H,3,5,7-8,13-16H2,1H3/t19-/m1/s1. The number of piperidine rings is 1. The molecule has 5 rings (SSSR count). The normalized spacial score (nSPS) is 19.1. The second kappa shape index (κ2) is 7.77. The lowest BCUT2D eigenvalue weighted by molar-refractivity contribution is 0.0802. The maximum Gasteiger partial charge on any atom is 0.167 e. The number of carbonyl (C=O) groups excluding carboxylic acids is 1. The Morgan fingerprint density at radius 3 is 2.79 bits per heavy atom. The van der Waals surface area contributed by atoms with Crippen molar-refractivity contribution in [2.75, 3.05) is 20.2 Å². The summed E-state index contributed by atoms with van der Waals surface area (Å²) < 4.78 is 11.0. The van der Waals surface area contributed by atoms with Gasteiger partial charge in [0, 0.05) is 25.1 Å². The molecule has 1 atom stereocenters. The van der Waals surface area contributed by atoms with Gasteiger partial charge in [0.05, 0.1) is 6.54 Å². The molecule has 1 aromatic heterocycles. The van der Waals surface area contributed by atoms with Crippen molar-refractivity contribution in [3.63, 3.8) is 0 Å². The maximum absolute atomic E-state index is 13.5. The summed E-state index contributed by atoms with van der Waals surface area (Å²) in [6.45, 7) is 3.04. The number of nitrogens with zero attached hydrogens (tertiary/aromatic N) is 1.